The average Bonchev–Trinajstić information content (AvgIpc) is 2.55. The zero-order chi connectivity index (χ0) is 16.2. The van der Waals surface area contributed by atoms with E-state index in [2.05, 4.69) is 0 Å². The van der Waals surface area contributed by atoms with E-state index in [0.717, 1.165) is 5.56 Å². The van der Waals surface area contributed by atoms with Gasteiger partial charge in [-0.05, 0) is 30.3 Å². The van der Waals surface area contributed by atoms with Crippen LogP contribution in [0.3, 0.4) is 0 Å². The quantitative estimate of drug-likeness (QED) is 0.820. The Morgan fingerprint density at radius 2 is 1.68 bits per heavy atom. The number of nitrogens with zero attached hydrogens (tertiary/aromatic N) is 1. The smallest absolute Gasteiger partial charge is 0.243 e. The summed E-state index contributed by atoms with van der Waals surface area (Å²) in [6.07, 6.45) is 0. The summed E-state index contributed by atoms with van der Waals surface area (Å²) in [5.41, 5.74) is 0.740. The average molecular weight is 321 g/mol. The first kappa shape index (κ1) is 16.3. The molecule has 2 aromatic rings. The fourth-order valence-corrected chi connectivity index (χ4v) is 3.27. The van der Waals surface area contributed by atoms with Crippen LogP contribution in [0.15, 0.2) is 53.4 Å². The van der Waals surface area contributed by atoms with Crippen molar-refractivity contribution in [3.8, 4) is 11.5 Å². The molecule has 0 fully saturated rings. The molecule has 2 rings (SSSR count). The molecule has 2 aromatic carbocycles. The molecule has 118 valence electrons. The summed E-state index contributed by atoms with van der Waals surface area (Å²) in [5.74, 6) is 1.28. The maximum absolute atomic E-state index is 12.5. The molecule has 0 aliphatic heterocycles. The van der Waals surface area contributed by atoms with Gasteiger partial charge < -0.3 is 9.47 Å². The highest BCUT2D eigenvalue weighted by Gasteiger charge is 2.21. The molecule has 0 unspecified atom stereocenters. The predicted octanol–water partition coefficient (Wildman–Crippen LogP) is 2.52. The summed E-state index contributed by atoms with van der Waals surface area (Å²) in [6.45, 7) is 0.192. The number of hydrogen-bond acceptors (Lipinski definition) is 4. The number of sulfonamides is 1. The second-order valence-corrected chi connectivity index (χ2v) is 6.80. The number of hydrogen-bond donors (Lipinski definition) is 0. The maximum Gasteiger partial charge on any atom is 0.243 e. The van der Waals surface area contributed by atoms with Crippen LogP contribution in [0.5, 0.6) is 11.5 Å². The lowest BCUT2D eigenvalue weighted by Crippen LogP contribution is -2.26. The molecule has 0 spiro atoms. The lowest BCUT2D eigenvalue weighted by Gasteiger charge is -2.19. The highest BCUT2D eigenvalue weighted by atomic mass is 32.2. The summed E-state index contributed by atoms with van der Waals surface area (Å²) in [4.78, 5) is 0.263. The normalized spacial score (nSPS) is 11.5. The van der Waals surface area contributed by atoms with Crippen LogP contribution in [0.1, 0.15) is 5.56 Å². The molecule has 0 aliphatic carbocycles. The van der Waals surface area contributed by atoms with Crippen molar-refractivity contribution in [1.29, 1.82) is 0 Å². The monoisotopic (exact) mass is 321 g/mol. The van der Waals surface area contributed by atoms with Gasteiger partial charge in [0.05, 0.1) is 19.1 Å². The maximum atomic E-state index is 12.5. The fourth-order valence-electron chi connectivity index (χ4n) is 2.10. The van der Waals surface area contributed by atoms with Gasteiger partial charge in [-0.25, -0.2) is 8.42 Å². The van der Waals surface area contributed by atoms with E-state index in [4.69, 9.17) is 9.47 Å². The Balaban J connectivity index is 2.30. The molecule has 0 saturated heterocycles. The molecule has 0 saturated carbocycles. The summed E-state index contributed by atoms with van der Waals surface area (Å²) in [5, 5.41) is 0. The van der Waals surface area contributed by atoms with E-state index in [1.54, 1.807) is 69.8 Å². The molecule has 5 nitrogen and oxygen atoms in total. The fraction of sp³-hybridized carbons (Fsp3) is 0.250. The Hall–Kier alpha value is -2.05. The van der Waals surface area contributed by atoms with Gasteiger partial charge in [0.2, 0.25) is 10.0 Å². The van der Waals surface area contributed by atoms with Gasteiger partial charge in [0.15, 0.2) is 0 Å². The minimum atomic E-state index is -3.54. The summed E-state index contributed by atoms with van der Waals surface area (Å²) in [6, 6.07) is 13.6. The second-order valence-electron chi connectivity index (χ2n) is 4.75. The summed E-state index contributed by atoms with van der Waals surface area (Å²) >= 11 is 0. The summed E-state index contributed by atoms with van der Waals surface area (Å²) < 4.78 is 36.8. The van der Waals surface area contributed by atoms with Crippen LogP contribution < -0.4 is 9.47 Å². The van der Waals surface area contributed by atoms with Crippen LogP contribution in [0.2, 0.25) is 0 Å². The van der Waals surface area contributed by atoms with Gasteiger partial charge in [-0.1, -0.05) is 18.2 Å². The van der Waals surface area contributed by atoms with Gasteiger partial charge in [-0.15, -0.1) is 0 Å². The standard InChI is InChI=1S/C16H19NO4S/c1-17(22(18,19)15-7-5-4-6-8-15)12-13-11-14(20-2)9-10-16(13)21-3/h4-11H,12H2,1-3H3. The number of methoxy groups -OCH3 is 2. The zero-order valence-electron chi connectivity index (χ0n) is 12.8. The first-order valence-electron chi connectivity index (χ1n) is 6.71. The van der Waals surface area contributed by atoms with Crippen molar-refractivity contribution in [2.24, 2.45) is 0 Å². The van der Waals surface area contributed by atoms with Crippen molar-refractivity contribution in [1.82, 2.24) is 4.31 Å². The van der Waals surface area contributed by atoms with Gasteiger partial charge in [0.1, 0.15) is 11.5 Å². The largest absolute Gasteiger partial charge is 0.497 e. The summed E-state index contributed by atoms with van der Waals surface area (Å²) in [7, 11) is 1.12. The third-order valence-corrected chi connectivity index (χ3v) is 5.15. The molecule has 0 bridgehead atoms. The Kier molecular flexibility index (Phi) is 5.05. The van der Waals surface area contributed by atoms with Crippen LogP contribution >= 0.6 is 0 Å². The van der Waals surface area contributed by atoms with Crippen molar-refractivity contribution in [2.75, 3.05) is 21.3 Å². The van der Waals surface area contributed by atoms with Crippen molar-refractivity contribution < 1.29 is 17.9 Å². The lowest BCUT2D eigenvalue weighted by atomic mass is 10.2. The predicted molar refractivity (Wildman–Crippen MR) is 84.6 cm³/mol. The van der Waals surface area contributed by atoms with Crippen molar-refractivity contribution >= 4 is 10.0 Å². The van der Waals surface area contributed by atoms with Crippen molar-refractivity contribution in [3.63, 3.8) is 0 Å². The molecular formula is C16H19NO4S. The van der Waals surface area contributed by atoms with Crippen LogP contribution in [0, 0.1) is 0 Å². The van der Waals surface area contributed by atoms with E-state index in [1.165, 1.54) is 4.31 Å². The van der Waals surface area contributed by atoms with Crippen LogP contribution in [-0.4, -0.2) is 34.0 Å². The first-order chi connectivity index (χ1) is 10.5. The van der Waals surface area contributed by atoms with Crippen molar-refractivity contribution in [3.05, 3.63) is 54.1 Å². The van der Waals surface area contributed by atoms with E-state index in [1.807, 2.05) is 0 Å². The highest BCUT2D eigenvalue weighted by molar-refractivity contribution is 7.89. The Morgan fingerprint density at radius 1 is 1.00 bits per heavy atom. The van der Waals surface area contributed by atoms with Crippen LogP contribution in [-0.2, 0) is 16.6 Å². The molecule has 0 atom stereocenters. The minimum absolute atomic E-state index is 0.192. The molecule has 0 aromatic heterocycles. The van der Waals surface area contributed by atoms with E-state index in [-0.39, 0.29) is 11.4 Å². The number of ether oxygens (including phenoxy) is 2. The Morgan fingerprint density at radius 3 is 2.27 bits per heavy atom. The molecule has 0 radical (unpaired) electrons. The molecular weight excluding hydrogens is 302 g/mol. The van der Waals surface area contributed by atoms with E-state index in [9.17, 15) is 8.42 Å². The lowest BCUT2D eigenvalue weighted by molar-refractivity contribution is 0.389. The number of benzene rings is 2. The van der Waals surface area contributed by atoms with Gasteiger partial charge >= 0.3 is 0 Å². The Bertz CT molecular complexity index is 729. The number of rotatable bonds is 6. The van der Waals surface area contributed by atoms with E-state index >= 15 is 0 Å². The third kappa shape index (κ3) is 3.40. The molecule has 0 amide bonds. The van der Waals surface area contributed by atoms with Crippen molar-refractivity contribution in [2.45, 2.75) is 11.4 Å². The first-order valence-corrected chi connectivity index (χ1v) is 8.15. The topological polar surface area (TPSA) is 55.8 Å². The highest BCUT2D eigenvalue weighted by Crippen LogP contribution is 2.26. The molecule has 22 heavy (non-hydrogen) atoms. The van der Waals surface area contributed by atoms with Crippen LogP contribution in [0.4, 0.5) is 0 Å². The minimum Gasteiger partial charge on any atom is -0.497 e. The third-order valence-electron chi connectivity index (χ3n) is 3.33. The zero-order valence-corrected chi connectivity index (χ0v) is 13.6. The van der Waals surface area contributed by atoms with E-state index < -0.39 is 10.0 Å². The molecule has 0 heterocycles. The van der Waals surface area contributed by atoms with Gasteiger partial charge in [0, 0.05) is 19.2 Å². The Labute approximate surface area is 131 Å². The van der Waals surface area contributed by atoms with Gasteiger partial charge in [-0.3, -0.25) is 0 Å². The van der Waals surface area contributed by atoms with Crippen LogP contribution in [0.25, 0.3) is 0 Å². The molecule has 0 N–H and O–H groups in total. The second kappa shape index (κ2) is 6.81. The molecule has 0 aliphatic rings. The van der Waals surface area contributed by atoms with Gasteiger partial charge in [0.25, 0.3) is 0 Å². The molecule has 6 heteroatoms. The van der Waals surface area contributed by atoms with Gasteiger partial charge in [-0.2, -0.15) is 4.31 Å². The SMILES string of the molecule is COc1ccc(OC)c(CN(C)S(=O)(=O)c2ccccc2)c1. The van der Waals surface area contributed by atoms with E-state index in [0.29, 0.717) is 11.5 Å².